The quantitative estimate of drug-likeness (QED) is 0.621. The zero-order chi connectivity index (χ0) is 8.27. The molecule has 0 spiro atoms. The van der Waals surface area contributed by atoms with Gasteiger partial charge in [-0.3, -0.25) is 4.79 Å². The summed E-state index contributed by atoms with van der Waals surface area (Å²) in [5, 5.41) is 18.9. The Kier molecular flexibility index (Phi) is 2.15. The molecule has 60 valence electrons. The molecule has 0 aromatic carbocycles. The lowest BCUT2D eigenvalue weighted by molar-refractivity contribution is -0.137. The van der Waals surface area contributed by atoms with Crippen LogP contribution >= 0.6 is 0 Å². The molecular weight excluding hydrogens is 148 g/mol. The van der Waals surface area contributed by atoms with Crippen molar-refractivity contribution >= 4 is 5.97 Å². The van der Waals surface area contributed by atoms with Gasteiger partial charge in [-0.25, -0.2) is 4.68 Å². The topological polar surface area (TPSA) is 80.9 Å². The molecule has 0 aliphatic rings. The Labute approximate surface area is 62.8 Å². The normalized spacial score (nSPS) is 9.91. The highest BCUT2D eigenvalue weighted by Crippen LogP contribution is 1.94. The minimum atomic E-state index is -0.840. The van der Waals surface area contributed by atoms with Gasteiger partial charge in [0.15, 0.2) is 5.82 Å². The summed E-state index contributed by atoms with van der Waals surface area (Å²) in [5.74, 6) is -0.250. The van der Waals surface area contributed by atoms with E-state index in [2.05, 4.69) is 15.5 Å². The van der Waals surface area contributed by atoms with Crippen LogP contribution in [0, 0.1) is 0 Å². The van der Waals surface area contributed by atoms with E-state index in [1.54, 1.807) is 7.05 Å². The number of carboxylic acid groups (broad SMARTS) is 1. The first kappa shape index (κ1) is 7.64. The number of hydrogen-bond donors (Lipinski definition) is 1. The first-order valence-electron chi connectivity index (χ1n) is 3.13. The highest BCUT2D eigenvalue weighted by molar-refractivity contribution is 5.66. The minimum absolute atomic E-state index is 0.0637. The second-order valence-corrected chi connectivity index (χ2v) is 2.11. The molecule has 0 amide bonds. The van der Waals surface area contributed by atoms with Gasteiger partial charge in [0.25, 0.3) is 0 Å². The summed E-state index contributed by atoms with van der Waals surface area (Å²) >= 11 is 0. The third-order valence-corrected chi connectivity index (χ3v) is 1.27. The zero-order valence-electron chi connectivity index (χ0n) is 6.06. The van der Waals surface area contributed by atoms with Gasteiger partial charge in [0.1, 0.15) is 0 Å². The van der Waals surface area contributed by atoms with Crippen molar-refractivity contribution in [2.24, 2.45) is 7.05 Å². The number of carbonyl (C=O) groups is 1. The van der Waals surface area contributed by atoms with Gasteiger partial charge < -0.3 is 5.11 Å². The Morgan fingerprint density at radius 1 is 1.73 bits per heavy atom. The largest absolute Gasteiger partial charge is 0.481 e. The number of nitrogens with zero attached hydrogens (tertiary/aromatic N) is 4. The summed E-state index contributed by atoms with van der Waals surface area (Å²) in [6.07, 6.45) is 0.438. The van der Waals surface area contributed by atoms with Crippen molar-refractivity contribution in [3.63, 3.8) is 0 Å². The maximum atomic E-state index is 10.1. The third kappa shape index (κ3) is 1.99. The number of aliphatic carboxylic acids is 1. The van der Waals surface area contributed by atoms with E-state index in [0.29, 0.717) is 12.2 Å². The fourth-order valence-corrected chi connectivity index (χ4v) is 0.679. The summed E-state index contributed by atoms with van der Waals surface area (Å²) in [7, 11) is 1.68. The minimum Gasteiger partial charge on any atom is -0.481 e. The number of rotatable bonds is 3. The van der Waals surface area contributed by atoms with Gasteiger partial charge in [-0.1, -0.05) is 0 Å². The van der Waals surface area contributed by atoms with E-state index >= 15 is 0 Å². The van der Waals surface area contributed by atoms with Crippen LogP contribution in [-0.4, -0.2) is 31.3 Å². The summed E-state index contributed by atoms with van der Waals surface area (Å²) in [4.78, 5) is 10.1. The van der Waals surface area contributed by atoms with Crippen molar-refractivity contribution in [2.75, 3.05) is 0 Å². The molecule has 0 saturated heterocycles. The third-order valence-electron chi connectivity index (χ3n) is 1.27. The first-order chi connectivity index (χ1) is 5.20. The molecule has 0 saturated carbocycles. The van der Waals surface area contributed by atoms with Crippen LogP contribution in [0.15, 0.2) is 0 Å². The summed E-state index contributed by atoms with van der Waals surface area (Å²) < 4.78 is 1.46. The fraction of sp³-hybridized carbons (Fsp3) is 0.600. The van der Waals surface area contributed by atoms with Crippen molar-refractivity contribution < 1.29 is 9.90 Å². The molecule has 0 bridgehead atoms. The fourth-order valence-electron chi connectivity index (χ4n) is 0.679. The zero-order valence-corrected chi connectivity index (χ0v) is 6.06. The van der Waals surface area contributed by atoms with Crippen LogP contribution in [0.1, 0.15) is 12.2 Å². The molecule has 0 atom stereocenters. The van der Waals surface area contributed by atoms with Crippen molar-refractivity contribution in [3.05, 3.63) is 5.82 Å². The molecule has 1 aromatic heterocycles. The molecule has 1 aromatic rings. The molecule has 1 N–H and O–H groups in total. The Morgan fingerprint density at radius 3 is 2.91 bits per heavy atom. The number of tetrazole rings is 1. The average Bonchev–Trinajstić information content (AvgIpc) is 2.31. The van der Waals surface area contributed by atoms with Gasteiger partial charge in [0.2, 0.25) is 0 Å². The van der Waals surface area contributed by atoms with Crippen LogP contribution in [0.4, 0.5) is 0 Å². The standard InChI is InChI=1S/C5H8N4O2/c1-9-4(6-7-8-9)2-3-5(10)11/h2-3H2,1H3,(H,10,11). The van der Waals surface area contributed by atoms with Crippen molar-refractivity contribution in [2.45, 2.75) is 12.8 Å². The Balaban J connectivity index is 2.51. The van der Waals surface area contributed by atoms with Gasteiger partial charge in [0, 0.05) is 13.5 Å². The van der Waals surface area contributed by atoms with Gasteiger partial charge in [-0.05, 0) is 10.4 Å². The van der Waals surface area contributed by atoms with Gasteiger partial charge in [-0.15, -0.1) is 5.10 Å². The van der Waals surface area contributed by atoms with E-state index in [0.717, 1.165) is 0 Å². The molecule has 0 fully saturated rings. The van der Waals surface area contributed by atoms with Crippen molar-refractivity contribution in [1.82, 2.24) is 20.2 Å². The lowest BCUT2D eigenvalue weighted by Gasteiger charge is -1.93. The van der Waals surface area contributed by atoms with E-state index < -0.39 is 5.97 Å². The van der Waals surface area contributed by atoms with Crippen LogP contribution in [-0.2, 0) is 18.3 Å². The lowest BCUT2D eigenvalue weighted by atomic mass is 10.3. The summed E-state index contributed by atoms with van der Waals surface area (Å²) in [6.45, 7) is 0. The molecule has 6 nitrogen and oxygen atoms in total. The number of aromatic nitrogens is 4. The molecule has 6 heteroatoms. The summed E-state index contributed by atoms with van der Waals surface area (Å²) in [5.41, 5.74) is 0. The van der Waals surface area contributed by atoms with Gasteiger partial charge in [0.05, 0.1) is 6.42 Å². The second kappa shape index (κ2) is 3.09. The van der Waals surface area contributed by atoms with Crippen LogP contribution in [0.3, 0.4) is 0 Å². The number of carboxylic acids is 1. The predicted octanol–water partition coefficient (Wildman–Crippen LogP) is -0.773. The van der Waals surface area contributed by atoms with Crippen LogP contribution in [0.5, 0.6) is 0 Å². The second-order valence-electron chi connectivity index (χ2n) is 2.11. The Hall–Kier alpha value is -1.46. The molecule has 1 heterocycles. The highest BCUT2D eigenvalue weighted by atomic mass is 16.4. The van der Waals surface area contributed by atoms with E-state index in [1.165, 1.54) is 4.68 Å². The molecule has 0 aliphatic heterocycles. The molecule has 0 radical (unpaired) electrons. The van der Waals surface area contributed by atoms with E-state index in [9.17, 15) is 4.79 Å². The molecule has 0 unspecified atom stereocenters. The van der Waals surface area contributed by atoms with Gasteiger partial charge >= 0.3 is 5.97 Å². The SMILES string of the molecule is Cn1nnnc1CCC(=O)O. The predicted molar refractivity (Wildman–Crippen MR) is 34.8 cm³/mol. The Bertz CT molecular complexity index is 257. The average molecular weight is 156 g/mol. The summed E-state index contributed by atoms with van der Waals surface area (Å²) in [6, 6.07) is 0. The van der Waals surface area contributed by atoms with E-state index in [1.807, 2.05) is 0 Å². The van der Waals surface area contributed by atoms with Crippen molar-refractivity contribution in [3.8, 4) is 0 Å². The number of hydrogen-bond acceptors (Lipinski definition) is 4. The number of aryl methyl sites for hydroxylation is 2. The lowest BCUT2D eigenvalue weighted by Crippen LogP contribution is -2.03. The highest BCUT2D eigenvalue weighted by Gasteiger charge is 2.04. The first-order valence-corrected chi connectivity index (χ1v) is 3.13. The molecular formula is C5H8N4O2. The van der Waals surface area contributed by atoms with E-state index in [4.69, 9.17) is 5.11 Å². The maximum Gasteiger partial charge on any atom is 0.303 e. The van der Waals surface area contributed by atoms with Crippen LogP contribution < -0.4 is 0 Å². The molecule has 11 heavy (non-hydrogen) atoms. The van der Waals surface area contributed by atoms with Crippen molar-refractivity contribution in [1.29, 1.82) is 0 Å². The van der Waals surface area contributed by atoms with E-state index in [-0.39, 0.29) is 6.42 Å². The Morgan fingerprint density at radius 2 is 2.45 bits per heavy atom. The monoisotopic (exact) mass is 156 g/mol. The van der Waals surface area contributed by atoms with Crippen LogP contribution in [0.2, 0.25) is 0 Å². The molecule has 1 rings (SSSR count). The van der Waals surface area contributed by atoms with Crippen LogP contribution in [0.25, 0.3) is 0 Å². The van der Waals surface area contributed by atoms with Gasteiger partial charge in [-0.2, -0.15) is 0 Å². The smallest absolute Gasteiger partial charge is 0.303 e. The maximum absolute atomic E-state index is 10.1. The molecule has 0 aliphatic carbocycles.